The molecule has 0 aliphatic carbocycles. The minimum absolute atomic E-state index is 0.0870. The number of ether oxygens (including phenoxy) is 1. The summed E-state index contributed by atoms with van der Waals surface area (Å²) in [5.74, 6) is -4.01. The number of aliphatic carboxylic acids is 2. The summed E-state index contributed by atoms with van der Waals surface area (Å²) in [6, 6.07) is 20.3. The molecule has 0 aliphatic rings. The lowest BCUT2D eigenvalue weighted by Crippen LogP contribution is -2.38. The van der Waals surface area contributed by atoms with E-state index < -0.39 is 11.9 Å². The minimum Gasteiger partial charge on any atom is -0.539 e. The minimum atomic E-state index is -2.07. The largest absolute Gasteiger partial charge is 0.539 e. The van der Waals surface area contributed by atoms with E-state index in [-0.39, 0.29) is 10.8 Å². The van der Waals surface area contributed by atoms with Crippen LogP contribution in [0, 0.1) is 0 Å². The molecule has 0 saturated heterocycles. The molecular formula is C19H23NO6. The van der Waals surface area contributed by atoms with Gasteiger partial charge in [-0.15, -0.1) is 0 Å². The first-order chi connectivity index (χ1) is 12.2. The number of hydrogen-bond donors (Lipinski definition) is 2. The van der Waals surface area contributed by atoms with Gasteiger partial charge in [0.1, 0.15) is 12.6 Å². The van der Waals surface area contributed by atoms with Gasteiger partial charge in [0, 0.05) is 0 Å². The molecule has 0 bridgehead atoms. The third-order valence-electron chi connectivity index (χ3n) is 3.30. The molecule has 0 unspecified atom stereocenters. The molecule has 7 nitrogen and oxygen atoms in total. The Morgan fingerprint density at radius 2 is 1.38 bits per heavy atom. The summed E-state index contributed by atoms with van der Waals surface area (Å²) < 4.78 is 5.93. The molecule has 0 fully saturated rings. The lowest BCUT2D eigenvalue weighted by Gasteiger charge is -2.23. The Morgan fingerprint density at radius 3 is 1.69 bits per heavy atom. The van der Waals surface area contributed by atoms with Crippen molar-refractivity contribution in [3.8, 4) is 0 Å². The zero-order valence-electron chi connectivity index (χ0n) is 14.7. The molecule has 26 heavy (non-hydrogen) atoms. The van der Waals surface area contributed by atoms with Crippen molar-refractivity contribution in [3.63, 3.8) is 0 Å². The van der Waals surface area contributed by atoms with E-state index in [1.54, 1.807) is 14.1 Å². The Kier molecular flexibility index (Phi) is 8.44. The van der Waals surface area contributed by atoms with E-state index in [0.717, 1.165) is 11.1 Å². The molecule has 0 spiro atoms. The number of nitrogens with zero attached hydrogens (tertiary/aromatic N) is 1. The number of quaternary nitrogens is 1. The highest BCUT2D eigenvalue weighted by Crippen LogP contribution is 2.25. The lowest BCUT2D eigenvalue weighted by atomic mass is 10.0. The van der Waals surface area contributed by atoms with Crippen LogP contribution in [-0.4, -0.2) is 54.1 Å². The molecule has 0 radical (unpaired) electrons. The van der Waals surface area contributed by atoms with Crippen molar-refractivity contribution in [1.82, 2.24) is 0 Å². The van der Waals surface area contributed by atoms with Crippen LogP contribution in [0.4, 0.5) is 0 Å². The van der Waals surface area contributed by atoms with Crippen LogP contribution < -0.4 is 5.11 Å². The molecule has 7 heteroatoms. The molecule has 0 aliphatic heterocycles. The first-order valence-corrected chi connectivity index (χ1v) is 7.92. The van der Waals surface area contributed by atoms with E-state index in [4.69, 9.17) is 24.5 Å². The van der Waals surface area contributed by atoms with Crippen LogP contribution in [0.2, 0.25) is 0 Å². The number of hydrogen-bond acceptors (Lipinski definition) is 5. The molecule has 2 aromatic carbocycles. The fraction of sp³-hybridized carbons (Fsp3) is 0.263. The second kappa shape index (κ2) is 10.3. The van der Waals surface area contributed by atoms with Gasteiger partial charge in [0.2, 0.25) is 0 Å². The summed E-state index contributed by atoms with van der Waals surface area (Å²) in [7, 11) is 3.48. The predicted molar refractivity (Wildman–Crippen MR) is 92.1 cm³/mol. The Morgan fingerprint density at radius 1 is 1.00 bits per heavy atom. The van der Waals surface area contributed by atoms with Gasteiger partial charge < -0.3 is 19.7 Å². The van der Waals surface area contributed by atoms with Crippen molar-refractivity contribution in [2.24, 2.45) is 0 Å². The van der Waals surface area contributed by atoms with Crippen molar-refractivity contribution < 1.29 is 34.4 Å². The summed E-state index contributed by atoms with van der Waals surface area (Å²) in [6.45, 7) is 1.05. The Bertz CT molecular complexity index is 631. The second-order valence-corrected chi connectivity index (χ2v) is 6.01. The maximum absolute atomic E-state index is 9.73. The third kappa shape index (κ3) is 8.39. The molecule has 0 amide bonds. The van der Waals surface area contributed by atoms with Crippen molar-refractivity contribution in [2.45, 2.75) is 6.10 Å². The number of hydroxylamine groups is 3. The van der Waals surface area contributed by atoms with Crippen molar-refractivity contribution in [1.29, 1.82) is 0 Å². The van der Waals surface area contributed by atoms with Gasteiger partial charge in [-0.25, -0.2) is 10.0 Å². The number of benzene rings is 2. The highest BCUT2D eigenvalue weighted by Gasteiger charge is 2.17. The maximum atomic E-state index is 9.73. The van der Waals surface area contributed by atoms with Gasteiger partial charge in [-0.3, -0.25) is 0 Å². The number of carboxylic acids is 2. The quantitative estimate of drug-likeness (QED) is 0.453. The Labute approximate surface area is 152 Å². The number of rotatable bonds is 6. The SMILES string of the molecule is C[N+](C)(O)CCOC(c1ccccc1)c1ccccc1.O=C([O-])C(=O)O. The molecule has 0 atom stereocenters. The summed E-state index contributed by atoms with van der Waals surface area (Å²) in [5.41, 5.74) is 2.25. The van der Waals surface area contributed by atoms with Gasteiger partial charge in [0.25, 0.3) is 0 Å². The number of carbonyl (C=O) groups is 2. The molecule has 2 N–H and O–H groups in total. The van der Waals surface area contributed by atoms with Crippen LogP contribution in [0.5, 0.6) is 0 Å². The van der Waals surface area contributed by atoms with Gasteiger partial charge in [-0.2, -0.15) is 4.65 Å². The highest BCUT2D eigenvalue weighted by molar-refractivity contribution is 6.26. The molecule has 2 aromatic rings. The van der Waals surface area contributed by atoms with Crippen molar-refractivity contribution in [2.75, 3.05) is 27.2 Å². The van der Waals surface area contributed by atoms with Crippen LogP contribution in [0.3, 0.4) is 0 Å². The number of carbonyl (C=O) groups excluding carboxylic acids is 1. The normalized spacial score (nSPS) is 10.8. The summed E-state index contributed by atoms with van der Waals surface area (Å²) in [6.07, 6.45) is -0.0936. The van der Waals surface area contributed by atoms with Crippen LogP contribution >= 0.6 is 0 Å². The third-order valence-corrected chi connectivity index (χ3v) is 3.30. The fourth-order valence-corrected chi connectivity index (χ4v) is 2.03. The average Bonchev–Trinajstić information content (AvgIpc) is 2.60. The maximum Gasteiger partial charge on any atom is 0.351 e. The highest BCUT2D eigenvalue weighted by atomic mass is 16.5. The summed E-state index contributed by atoms with van der Waals surface area (Å²) >= 11 is 0. The van der Waals surface area contributed by atoms with E-state index in [0.29, 0.717) is 13.2 Å². The number of likely N-dealkylation sites (N-methyl/N-ethyl adjacent to an activating group) is 1. The fourth-order valence-electron chi connectivity index (χ4n) is 2.03. The van der Waals surface area contributed by atoms with E-state index in [1.807, 2.05) is 36.4 Å². The molecule has 2 rings (SSSR count). The van der Waals surface area contributed by atoms with E-state index >= 15 is 0 Å². The zero-order chi connectivity index (χ0) is 19.6. The monoisotopic (exact) mass is 361 g/mol. The molecular weight excluding hydrogens is 338 g/mol. The van der Waals surface area contributed by atoms with E-state index in [2.05, 4.69) is 24.3 Å². The topological polar surface area (TPSA) is 107 Å². The Hall–Kier alpha value is -2.74. The van der Waals surface area contributed by atoms with E-state index in [1.165, 1.54) is 0 Å². The van der Waals surface area contributed by atoms with Crippen LogP contribution in [0.15, 0.2) is 60.7 Å². The lowest BCUT2D eigenvalue weighted by molar-refractivity contribution is -1.07. The van der Waals surface area contributed by atoms with Gasteiger partial charge in [-0.05, 0) is 11.1 Å². The average molecular weight is 361 g/mol. The standard InChI is InChI=1S/C17H22NO2.C2H2O4/c1-18(2,19)13-14-20-17(15-9-5-3-6-10-15)16-11-7-4-8-12-16;3-1(4)2(5)6/h3-12,17,19H,13-14H2,1-2H3;(H,3,4)(H,5,6)/q+1;/p-1. The summed E-state index contributed by atoms with van der Waals surface area (Å²) in [4.78, 5) is 18.0. The van der Waals surface area contributed by atoms with Gasteiger partial charge in [0.05, 0.1) is 20.7 Å². The van der Waals surface area contributed by atoms with Crippen LogP contribution in [-0.2, 0) is 14.3 Å². The van der Waals surface area contributed by atoms with Gasteiger partial charge in [-0.1, -0.05) is 60.7 Å². The molecule has 140 valence electrons. The first-order valence-electron chi connectivity index (χ1n) is 7.92. The van der Waals surface area contributed by atoms with Crippen LogP contribution in [0.25, 0.3) is 0 Å². The van der Waals surface area contributed by atoms with E-state index in [9.17, 15) is 5.21 Å². The molecule has 0 aromatic heterocycles. The van der Waals surface area contributed by atoms with Gasteiger partial charge in [0.15, 0.2) is 5.97 Å². The Balaban J connectivity index is 0.000000487. The van der Waals surface area contributed by atoms with Gasteiger partial charge >= 0.3 is 5.97 Å². The predicted octanol–water partition coefficient (Wildman–Crippen LogP) is 1.08. The van der Waals surface area contributed by atoms with Crippen molar-refractivity contribution >= 4 is 11.9 Å². The number of carboxylic acid groups (broad SMARTS) is 2. The molecule has 0 heterocycles. The summed E-state index contributed by atoms with van der Waals surface area (Å²) in [5, 5.41) is 26.0. The first kappa shape index (κ1) is 21.3. The smallest absolute Gasteiger partial charge is 0.351 e. The second-order valence-electron chi connectivity index (χ2n) is 6.01. The zero-order valence-corrected chi connectivity index (χ0v) is 14.7. The van der Waals surface area contributed by atoms with Crippen LogP contribution in [0.1, 0.15) is 17.2 Å². The molecule has 0 saturated carbocycles. The van der Waals surface area contributed by atoms with Crippen molar-refractivity contribution in [3.05, 3.63) is 71.8 Å².